The maximum absolute atomic E-state index is 10.9. The molecule has 0 aromatic carbocycles. The summed E-state index contributed by atoms with van der Waals surface area (Å²) < 4.78 is 1.47. The largest absolute Gasteiger partial charge is 0.368 e. The highest BCUT2D eigenvalue weighted by Gasteiger charge is 2.26. The van der Waals surface area contributed by atoms with Crippen LogP contribution in [0.5, 0.6) is 0 Å². The smallest absolute Gasteiger partial charge is 0.333 e. The second-order valence-electron chi connectivity index (χ2n) is 3.90. The Balaban J connectivity index is 3.20. The minimum Gasteiger partial charge on any atom is -0.368 e. The molecular weight excluding hydrogens is 226 g/mol. The molecule has 8 heteroatoms. The number of nitrogens with two attached hydrogens (primary N) is 1. The summed E-state index contributed by atoms with van der Waals surface area (Å²) in [7, 11) is 0. The fourth-order valence-corrected chi connectivity index (χ4v) is 1.47. The molecule has 94 valence electrons. The molecule has 17 heavy (non-hydrogen) atoms. The highest BCUT2D eigenvalue weighted by molar-refractivity contribution is 5.79. The van der Waals surface area contributed by atoms with Crippen LogP contribution in [0.25, 0.3) is 0 Å². The van der Waals surface area contributed by atoms with Crippen molar-refractivity contribution in [3.05, 3.63) is 15.8 Å². The molecule has 1 rings (SSSR count). The summed E-state index contributed by atoms with van der Waals surface area (Å²) in [6.07, 6.45) is 0. The Kier molecular flexibility index (Phi) is 3.66. The Bertz CT molecular complexity index is 452. The summed E-state index contributed by atoms with van der Waals surface area (Å²) in [5, 5.41) is 17.6. The van der Waals surface area contributed by atoms with Gasteiger partial charge in [0.15, 0.2) is 0 Å². The predicted molar refractivity (Wildman–Crippen MR) is 61.7 cm³/mol. The van der Waals surface area contributed by atoms with Gasteiger partial charge in [-0.3, -0.25) is 14.9 Å². The van der Waals surface area contributed by atoms with Crippen LogP contribution in [0.2, 0.25) is 0 Å². The number of aromatic nitrogens is 2. The van der Waals surface area contributed by atoms with Gasteiger partial charge < -0.3 is 11.1 Å². The van der Waals surface area contributed by atoms with Crippen LogP contribution in [0.4, 0.5) is 11.5 Å². The van der Waals surface area contributed by atoms with E-state index in [9.17, 15) is 14.9 Å². The van der Waals surface area contributed by atoms with E-state index in [0.29, 0.717) is 5.69 Å². The lowest BCUT2D eigenvalue weighted by Gasteiger charge is -2.10. The lowest BCUT2D eigenvalue weighted by molar-refractivity contribution is -0.384. The van der Waals surface area contributed by atoms with E-state index in [1.54, 1.807) is 6.92 Å². The van der Waals surface area contributed by atoms with Gasteiger partial charge in [0.25, 0.3) is 0 Å². The van der Waals surface area contributed by atoms with E-state index in [0.717, 1.165) is 0 Å². The van der Waals surface area contributed by atoms with Crippen LogP contribution < -0.4 is 11.1 Å². The molecule has 0 unspecified atom stereocenters. The zero-order chi connectivity index (χ0) is 13.2. The maximum atomic E-state index is 10.9. The van der Waals surface area contributed by atoms with E-state index in [4.69, 9.17) is 5.73 Å². The maximum Gasteiger partial charge on any atom is 0.333 e. The van der Waals surface area contributed by atoms with Gasteiger partial charge in [0.1, 0.15) is 5.69 Å². The van der Waals surface area contributed by atoms with Crippen LogP contribution in [-0.2, 0) is 4.79 Å². The quantitative estimate of drug-likeness (QED) is 0.577. The molecule has 1 amide bonds. The Morgan fingerprint density at radius 2 is 2.24 bits per heavy atom. The average molecular weight is 241 g/mol. The summed E-state index contributed by atoms with van der Waals surface area (Å²) in [5.74, 6) is -0.380. The van der Waals surface area contributed by atoms with E-state index >= 15 is 0 Å². The van der Waals surface area contributed by atoms with Crippen molar-refractivity contribution in [2.45, 2.75) is 26.8 Å². The molecule has 1 heterocycles. The van der Waals surface area contributed by atoms with Gasteiger partial charge in [-0.25, -0.2) is 4.68 Å². The van der Waals surface area contributed by atoms with Gasteiger partial charge in [0.05, 0.1) is 11.5 Å². The summed E-state index contributed by atoms with van der Waals surface area (Å²) >= 11 is 0. The van der Waals surface area contributed by atoms with Gasteiger partial charge in [0.2, 0.25) is 11.7 Å². The molecule has 0 aliphatic rings. The van der Waals surface area contributed by atoms with Gasteiger partial charge in [0, 0.05) is 6.04 Å². The molecule has 1 aromatic rings. The Morgan fingerprint density at radius 3 is 2.65 bits per heavy atom. The van der Waals surface area contributed by atoms with Crippen molar-refractivity contribution in [3.8, 4) is 0 Å². The topological polar surface area (TPSA) is 116 Å². The van der Waals surface area contributed by atoms with E-state index in [2.05, 4.69) is 10.4 Å². The second-order valence-corrected chi connectivity index (χ2v) is 3.90. The van der Waals surface area contributed by atoms with Crippen LogP contribution in [0.15, 0.2) is 0 Å². The number of amides is 1. The van der Waals surface area contributed by atoms with Crippen molar-refractivity contribution in [1.29, 1.82) is 0 Å². The number of aryl methyl sites for hydroxylation is 1. The van der Waals surface area contributed by atoms with Gasteiger partial charge in [-0.15, -0.1) is 0 Å². The molecule has 0 aliphatic carbocycles. The predicted octanol–water partition coefficient (Wildman–Crippen LogP) is 0.578. The SMILES string of the molecule is Cc1nn(C(C)C)c(NCC(N)=O)c1[N+](=O)[O-]. The third-order valence-electron chi connectivity index (χ3n) is 2.16. The van der Waals surface area contributed by atoms with Gasteiger partial charge in [-0.2, -0.15) is 5.10 Å². The minimum atomic E-state index is -0.589. The fraction of sp³-hybridized carbons (Fsp3) is 0.556. The number of carbonyl (C=O) groups is 1. The Labute approximate surface area is 97.9 Å². The number of hydrogen-bond acceptors (Lipinski definition) is 5. The molecule has 0 radical (unpaired) electrons. The fourth-order valence-electron chi connectivity index (χ4n) is 1.47. The van der Waals surface area contributed by atoms with Crippen molar-refractivity contribution in [2.24, 2.45) is 5.73 Å². The Morgan fingerprint density at radius 1 is 1.65 bits per heavy atom. The third kappa shape index (κ3) is 2.71. The van der Waals surface area contributed by atoms with Crippen molar-refractivity contribution >= 4 is 17.4 Å². The number of nitrogens with zero attached hydrogens (tertiary/aromatic N) is 3. The first-order valence-corrected chi connectivity index (χ1v) is 5.10. The number of anilines is 1. The Hall–Kier alpha value is -2.12. The second kappa shape index (κ2) is 4.81. The number of primary amides is 1. The van der Waals surface area contributed by atoms with Crippen molar-refractivity contribution in [1.82, 2.24) is 9.78 Å². The first-order chi connectivity index (χ1) is 7.84. The van der Waals surface area contributed by atoms with Crippen LogP contribution in [0.3, 0.4) is 0 Å². The lowest BCUT2D eigenvalue weighted by Crippen LogP contribution is -2.23. The summed E-state index contributed by atoms with van der Waals surface area (Å²) in [6, 6.07) is -0.0576. The van der Waals surface area contributed by atoms with Crippen molar-refractivity contribution in [3.63, 3.8) is 0 Å². The first kappa shape index (κ1) is 12.9. The number of rotatable bonds is 5. The third-order valence-corrected chi connectivity index (χ3v) is 2.16. The van der Waals surface area contributed by atoms with Crippen LogP contribution in [0, 0.1) is 17.0 Å². The highest BCUT2D eigenvalue weighted by Crippen LogP contribution is 2.30. The van der Waals surface area contributed by atoms with E-state index in [1.807, 2.05) is 13.8 Å². The monoisotopic (exact) mass is 241 g/mol. The average Bonchev–Trinajstić information content (AvgIpc) is 2.52. The van der Waals surface area contributed by atoms with E-state index in [1.165, 1.54) is 4.68 Å². The molecule has 0 bridgehead atoms. The molecule has 0 saturated heterocycles. The molecule has 0 spiro atoms. The zero-order valence-electron chi connectivity index (χ0n) is 9.93. The first-order valence-electron chi connectivity index (χ1n) is 5.10. The summed E-state index contributed by atoms with van der Waals surface area (Å²) in [6.45, 7) is 5.06. The molecule has 3 N–H and O–H groups in total. The molecule has 0 fully saturated rings. The van der Waals surface area contributed by atoms with Crippen LogP contribution in [0.1, 0.15) is 25.6 Å². The number of carbonyl (C=O) groups excluding carboxylic acids is 1. The number of hydrogen-bond donors (Lipinski definition) is 2. The van der Waals surface area contributed by atoms with E-state index < -0.39 is 10.8 Å². The lowest BCUT2D eigenvalue weighted by atomic mass is 10.3. The molecule has 0 aliphatic heterocycles. The summed E-state index contributed by atoms with van der Waals surface area (Å²) in [5.41, 5.74) is 5.17. The van der Waals surface area contributed by atoms with Gasteiger partial charge in [-0.1, -0.05) is 0 Å². The highest BCUT2D eigenvalue weighted by atomic mass is 16.6. The molecule has 0 atom stereocenters. The summed E-state index contributed by atoms with van der Waals surface area (Å²) in [4.78, 5) is 21.1. The number of nitrogens with one attached hydrogen (secondary N) is 1. The van der Waals surface area contributed by atoms with Crippen molar-refractivity contribution in [2.75, 3.05) is 11.9 Å². The minimum absolute atomic E-state index is 0.0576. The molecule has 1 aromatic heterocycles. The van der Waals surface area contributed by atoms with Gasteiger partial charge in [-0.05, 0) is 20.8 Å². The molecule has 8 nitrogen and oxygen atoms in total. The zero-order valence-corrected chi connectivity index (χ0v) is 9.93. The van der Waals surface area contributed by atoms with Gasteiger partial charge >= 0.3 is 5.69 Å². The number of nitro groups is 1. The van der Waals surface area contributed by atoms with E-state index in [-0.39, 0.29) is 24.1 Å². The molecule has 0 saturated carbocycles. The molecular formula is C9H15N5O3. The standard InChI is InChI=1S/C9H15N5O3/c1-5(2)13-9(11-4-7(10)15)8(14(16)17)6(3)12-13/h5,11H,4H2,1-3H3,(H2,10,15). The van der Waals surface area contributed by atoms with Crippen LogP contribution in [-0.4, -0.2) is 27.2 Å². The normalized spacial score (nSPS) is 10.6. The van der Waals surface area contributed by atoms with Crippen LogP contribution >= 0.6 is 0 Å². The van der Waals surface area contributed by atoms with Crippen molar-refractivity contribution < 1.29 is 9.72 Å².